The number of carbonyl (C=O) groups excluding carboxylic acids is 1. The van der Waals surface area contributed by atoms with Crippen LogP contribution in [0.5, 0.6) is 5.75 Å². The molecule has 27 heavy (non-hydrogen) atoms. The van der Waals surface area contributed by atoms with Crippen molar-refractivity contribution in [3.63, 3.8) is 0 Å². The van der Waals surface area contributed by atoms with Gasteiger partial charge in [0.2, 0.25) is 5.79 Å². The summed E-state index contributed by atoms with van der Waals surface area (Å²) in [6.07, 6.45) is 4.21. The van der Waals surface area contributed by atoms with Crippen LogP contribution in [-0.2, 0) is 20.6 Å². The van der Waals surface area contributed by atoms with Gasteiger partial charge in [-0.15, -0.1) is 0 Å². The molecule has 0 amide bonds. The zero-order valence-corrected chi connectivity index (χ0v) is 17.3. The monoisotopic (exact) mass is 378 g/mol. The maximum absolute atomic E-state index is 11.8. The molecule has 2 rings (SSSR count). The highest BCUT2D eigenvalue weighted by Gasteiger charge is 2.51. The van der Waals surface area contributed by atoms with Gasteiger partial charge in [-0.1, -0.05) is 26.0 Å². The van der Waals surface area contributed by atoms with Crippen molar-refractivity contribution < 1.29 is 23.7 Å². The predicted molar refractivity (Wildman–Crippen MR) is 105 cm³/mol. The maximum Gasteiger partial charge on any atom is 0.511 e. The average molecular weight is 379 g/mol. The zero-order valence-electron chi connectivity index (χ0n) is 17.3. The quantitative estimate of drug-likeness (QED) is 0.383. The number of hydrogen-bond donors (Lipinski definition) is 0. The third kappa shape index (κ3) is 7.79. The van der Waals surface area contributed by atoms with E-state index in [1.54, 1.807) is 7.11 Å². The lowest BCUT2D eigenvalue weighted by molar-refractivity contribution is -0.0559. The van der Waals surface area contributed by atoms with Crippen molar-refractivity contribution in [3.8, 4) is 5.75 Å². The topological polar surface area (TPSA) is 57.3 Å². The van der Waals surface area contributed by atoms with E-state index in [4.69, 9.17) is 18.9 Å². The van der Waals surface area contributed by atoms with E-state index in [0.717, 1.165) is 37.9 Å². The summed E-state index contributed by atoms with van der Waals surface area (Å²) in [6, 6.07) is 8.24. The van der Waals surface area contributed by atoms with Crippen LogP contribution in [0.2, 0.25) is 0 Å². The molecule has 152 valence electrons. The molecule has 0 N–H and O–H groups in total. The Hall–Kier alpha value is -1.75. The Morgan fingerprint density at radius 2 is 1.85 bits per heavy atom. The SMILES string of the molecule is COc1ccc(CCCC(CC(C)C)CC2(OC(=O)OC(C)C)CO2)cc1. The zero-order chi connectivity index (χ0) is 19.9. The van der Waals surface area contributed by atoms with Gasteiger partial charge >= 0.3 is 6.16 Å². The van der Waals surface area contributed by atoms with Crippen LogP contribution in [-0.4, -0.2) is 31.8 Å². The fraction of sp³-hybridized carbons (Fsp3) is 0.682. The van der Waals surface area contributed by atoms with Crippen molar-refractivity contribution >= 4 is 6.16 Å². The smallest absolute Gasteiger partial charge is 0.497 e. The lowest BCUT2D eigenvalue weighted by Gasteiger charge is -2.23. The van der Waals surface area contributed by atoms with E-state index in [1.807, 2.05) is 26.0 Å². The lowest BCUT2D eigenvalue weighted by atomic mass is 9.87. The fourth-order valence-electron chi connectivity index (χ4n) is 3.46. The van der Waals surface area contributed by atoms with Gasteiger partial charge in [-0.05, 0) is 69.1 Å². The van der Waals surface area contributed by atoms with Crippen molar-refractivity contribution in [3.05, 3.63) is 29.8 Å². The minimum atomic E-state index is -0.772. The molecule has 0 aliphatic carbocycles. The number of carbonyl (C=O) groups is 1. The standard InChI is InChI=1S/C22H34O5/c1-16(2)13-19(8-6-7-18-9-11-20(24-5)12-10-18)14-22(15-25-22)27-21(23)26-17(3)4/h9-12,16-17,19H,6-8,13-15H2,1-5H3. The summed E-state index contributed by atoms with van der Waals surface area (Å²) in [5, 5.41) is 0. The lowest BCUT2D eigenvalue weighted by Crippen LogP contribution is -2.27. The van der Waals surface area contributed by atoms with E-state index in [-0.39, 0.29) is 6.10 Å². The van der Waals surface area contributed by atoms with Crippen LogP contribution >= 0.6 is 0 Å². The van der Waals surface area contributed by atoms with Crippen LogP contribution < -0.4 is 4.74 Å². The number of hydrogen-bond acceptors (Lipinski definition) is 5. The molecule has 0 radical (unpaired) electrons. The summed E-state index contributed by atoms with van der Waals surface area (Å²) >= 11 is 0. The Labute approximate surface area is 163 Å². The van der Waals surface area contributed by atoms with Crippen molar-refractivity contribution in [2.45, 2.75) is 71.7 Å². The summed E-state index contributed by atoms with van der Waals surface area (Å²) in [5.41, 5.74) is 1.31. The first-order valence-electron chi connectivity index (χ1n) is 9.98. The summed E-state index contributed by atoms with van der Waals surface area (Å²) < 4.78 is 21.3. The molecule has 1 aliphatic rings. The van der Waals surface area contributed by atoms with Crippen LogP contribution in [0.4, 0.5) is 4.79 Å². The number of methoxy groups -OCH3 is 1. The van der Waals surface area contributed by atoms with Crippen LogP contribution in [0.1, 0.15) is 58.9 Å². The van der Waals surface area contributed by atoms with Gasteiger partial charge in [0.15, 0.2) is 0 Å². The molecule has 2 unspecified atom stereocenters. The maximum atomic E-state index is 11.8. The molecule has 0 bridgehead atoms. The van der Waals surface area contributed by atoms with Crippen molar-refractivity contribution in [2.75, 3.05) is 13.7 Å². The second kappa shape index (κ2) is 9.98. The molecular weight excluding hydrogens is 344 g/mol. The first-order valence-corrected chi connectivity index (χ1v) is 9.98. The largest absolute Gasteiger partial charge is 0.511 e. The first-order chi connectivity index (χ1) is 12.8. The average Bonchev–Trinajstić information content (AvgIpc) is 3.32. The molecule has 1 aromatic carbocycles. The molecule has 0 saturated carbocycles. The highest BCUT2D eigenvalue weighted by Crippen LogP contribution is 2.39. The Bertz CT molecular complexity index is 575. The molecule has 0 spiro atoms. The molecule has 1 aliphatic heterocycles. The minimum absolute atomic E-state index is 0.191. The molecule has 1 heterocycles. The van der Waals surface area contributed by atoms with Gasteiger partial charge in [-0.3, -0.25) is 0 Å². The number of rotatable bonds is 11. The third-order valence-electron chi connectivity index (χ3n) is 4.71. The summed E-state index contributed by atoms with van der Waals surface area (Å²) in [6.45, 7) is 8.54. The molecule has 5 nitrogen and oxygen atoms in total. The molecule has 2 atom stereocenters. The van der Waals surface area contributed by atoms with E-state index >= 15 is 0 Å². The Morgan fingerprint density at radius 1 is 1.19 bits per heavy atom. The van der Waals surface area contributed by atoms with Crippen LogP contribution in [0.15, 0.2) is 24.3 Å². The van der Waals surface area contributed by atoms with Gasteiger partial charge in [0.05, 0.1) is 13.2 Å². The Balaban J connectivity index is 1.84. The van der Waals surface area contributed by atoms with Gasteiger partial charge in [0.1, 0.15) is 12.4 Å². The number of aryl methyl sites for hydroxylation is 1. The molecule has 1 aromatic rings. The highest BCUT2D eigenvalue weighted by molar-refractivity contribution is 5.60. The number of ether oxygens (including phenoxy) is 4. The Morgan fingerprint density at radius 3 is 2.37 bits per heavy atom. The Kier molecular flexibility index (Phi) is 7.96. The number of epoxide rings is 1. The van der Waals surface area contributed by atoms with E-state index in [1.165, 1.54) is 5.56 Å². The predicted octanol–water partition coefficient (Wildman–Crippen LogP) is 5.36. The minimum Gasteiger partial charge on any atom is -0.497 e. The summed E-state index contributed by atoms with van der Waals surface area (Å²) in [7, 11) is 1.68. The number of benzene rings is 1. The van der Waals surface area contributed by atoms with Crippen LogP contribution in [0.25, 0.3) is 0 Å². The summed E-state index contributed by atoms with van der Waals surface area (Å²) in [4.78, 5) is 11.8. The molecule has 5 heteroatoms. The van der Waals surface area contributed by atoms with Gasteiger partial charge in [-0.25, -0.2) is 4.79 Å². The van der Waals surface area contributed by atoms with Crippen LogP contribution in [0, 0.1) is 11.8 Å². The van der Waals surface area contributed by atoms with E-state index in [9.17, 15) is 4.79 Å². The molecule has 0 aromatic heterocycles. The van der Waals surface area contributed by atoms with Crippen molar-refractivity contribution in [1.82, 2.24) is 0 Å². The molecular formula is C22H34O5. The van der Waals surface area contributed by atoms with Gasteiger partial charge in [0.25, 0.3) is 0 Å². The van der Waals surface area contributed by atoms with E-state index in [2.05, 4.69) is 26.0 Å². The summed E-state index contributed by atoms with van der Waals surface area (Å²) in [5.74, 6) is 1.16. The van der Waals surface area contributed by atoms with Crippen molar-refractivity contribution in [2.24, 2.45) is 11.8 Å². The second-order valence-corrected chi connectivity index (χ2v) is 8.16. The normalized spacial score (nSPS) is 19.8. The van der Waals surface area contributed by atoms with Gasteiger partial charge in [-0.2, -0.15) is 0 Å². The first kappa shape index (κ1) is 21.5. The molecule has 1 saturated heterocycles. The third-order valence-corrected chi connectivity index (χ3v) is 4.71. The van der Waals surface area contributed by atoms with Crippen molar-refractivity contribution in [1.29, 1.82) is 0 Å². The fourth-order valence-corrected chi connectivity index (χ4v) is 3.46. The van der Waals surface area contributed by atoms with Gasteiger partial charge < -0.3 is 18.9 Å². The van der Waals surface area contributed by atoms with E-state index < -0.39 is 11.9 Å². The second-order valence-electron chi connectivity index (χ2n) is 8.16. The van der Waals surface area contributed by atoms with E-state index in [0.29, 0.717) is 18.4 Å². The van der Waals surface area contributed by atoms with Gasteiger partial charge in [0, 0.05) is 6.42 Å². The van der Waals surface area contributed by atoms with Crippen LogP contribution in [0.3, 0.4) is 0 Å². The highest BCUT2D eigenvalue weighted by atomic mass is 16.9. The molecule has 1 fully saturated rings.